The molecule has 1 aromatic carbocycles. The summed E-state index contributed by atoms with van der Waals surface area (Å²) in [5.41, 5.74) is -0.713. The highest BCUT2D eigenvalue weighted by molar-refractivity contribution is 5.79. The van der Waals surface area contributed by atoms with E-state index < -0.39 is 17.2 Å². The quantitative estimate of drug-likeness (QED) is 0.838. The summed E-state index contributed by atoms with van der Waals surface area (Å²) in [7, 11) is 0. The molecule has 1 aliphatic rings. The number of benzene rings is 1. The molecule has 1 heterocycles. The van der Waals surface area contributed by atoms with Crippen LogP contribution in [0.1, 0.15) is 26.3 Å². The van der Waals surface area contributed by atoms with Crippen molar-refractivity contribution in [1.29, 1.82) is 0 Å². The van der Waals surface area contributed by atoms with Crippen LogP contribution in [0.2, 0.25) is 0 Å². The van der Waals surface area contributed by atoms with Crippen molar-refractivity contribution in [2.45, 2.75) is 26.3 Å². The molecule has 1 aromatic rings. The molecule has 0 radical (unpaired) electrons. The first-order valence-electron chi connectivity index (χ1n) is 5.85. The van der Waals surface area contributed by atoms with Crippen LogP contribution in [-0.2, 0) is 15.1 Å². The van der Waals surface area contributed by atoms with Crippen molar-refractivity contribution in [2.75, 3.05) is 13.2 Å². The van der Waals surface area contributed by atoms with Crippen molar-refractivity contribution >= 4 is 5.91 Å². The predicted octanol–water partition coefficient (Wildman–Crippen LogP) is 2.35. The van der Waals surface area contributed by atoms with Crippen molar-refractivity contribution in [3.63, 3.8) is 0 Å². The van der Waals surface area contributed by atoms with Crippen molar-refractivity contribution in [1.82, 2.24) is 5.32 Å². The third-order valence-electron chi connectivity index (χ3n) is 2.56. The van der Waals surface area contributed by atoms with E-state index in [9.17, 15) is 13.6 Å². The van der Waals surface area contributed by atoms with Gasteiger partial charge in [-0.2, -0.15) is 0 Å². The van der Waals surface area contributed by atoms with Crippen LogP contribution in [0.25, 0.3) is 0 Å². The van der Waals surface area contributed by atoms with Gasteiger partial charge in [-0.25, -0.2) is 8.78 Å². The molecule has 1 atom stereocenters. The van der Waals surface area contributed by atoms with Crippen LogP contribution in [0, 0.1) is 11.6 Å². The Hall–Kier alpha value is -1.49. The molecule has 1 saturated heterocycles. The second-order valence-corrected chi connectivity index (χ2v) is 4.00. The van der Waals surface area contributed by atoms with Gasteiger partial charge < -0.3 is 10.1 Å². The summed E-state index contributed by atoms with van der Waals surface area (Å²) in [6.45, 7) is 5.78. The Kier molecular flexibility index (Phi) is 4.78. The van der Waals surface area contributed by atoms with Crippen LogP contribution in [0.3, 0.4) is 0 Å². The van der Waals surface area contributed by atoms with Gasteiger partial charge in [0.1, 0.15) is 18.2 Å². The van der Waals surface area contributed by atoms with Gasteiger partial charge in [-0.15, -0.1) is 0 Å². The smallest absolute Gasteiger partial charge is 0.246 e. The second kappa shape index (κ2) is 5.91. The molecular weight excluding hydrogens is 240 g/mol. The SMILES string of the molecule is CC.CC1(c2ccc(F)cc2F)COCC(=O)N1. The lowest BCUT2D eigenvalue weighted by Gasteiger charge is -2.34. The lowest BCUT2D eigenvalue weighted by Crippen LogP contribution is -2.53. The van der Waals surface area contributed by atoms with Crippen LogP contribution >= 0.6 is 0 Å². The molecule has 0 aliphatic carbocycles. The summed E-state index contributed by atoms with van der Waals surface area (Å²) in [5, 5.41) is 2.64. The Balaban J connectivity index is 0.000000771. The molecule has 1 amide bonds. The zero-order chi connectivity index (χ0) is 13.8. The first-order chi connectivity index (χ1) is 8.51. The Morgan fingerprint density at radius 1 is 1.33 bits per heavy atom. The zero-order valence-electron chi connectivity index (χ0n) is 10.7. The van der Waals surface area contributed by atoms with Crippen LogP contribution in [0.15, 0.2) is 18.2 Å². The minimum absolute atomic E-state index is 0.0294. The third kappa shape index (κ3) is 3.04. The highest BCUT2D eigenvalue weighted by Gasteiger charge is 2.35. The van der Waals surface area contributed by atoms with Crippen LogP contribution in [0.4, 0.5) is 8.78 Å². The third-order valence-corrected chi connectivity index (χ3v) is 2.56. The lowest BCUT2D eigenvalue weighted by atomic mass is 9.91. The molecule has 100 valence electrons. The Labute approximate surface area is 105 Å². The van der Waals surface area contributed by atoms with Gasteiger partial charge in [-0.1, -0.05) is 19.9 Å². The molecular formula is C13H17F2NO2. The number of hydrogen-bond donors (Lipinski definition) is 1. The number of carbonyl (C=O) groups excluding carboxylic acids is 1. The standard InChI is InChI=1S/C11H11F2NO2.C2H6/c1-11(6-16-5-10(15)14-11)8-3-2-7(12)4-9(8)13;1-2/h2-4H,5-6H2,1H3,(H,14,15);1-2H3. The van der Waals surface area contributed by atoms with E-state index in [-0.39, 0.29) is 24.7 Å². The van der Waals surface area contributed by atoms with E-state index in [0.717, 1.165) is 12.1 Å². The number of hydrogen-bond acceptors (Lipinski definition) is 2. The van der Waals surface area contributed by atoms with Gasteiger partial charge in [0, 0.05) is 11.6 Å². The summed E-state index contributed by atoms with van der Waals surface area (Å²) in [6, 6.07) is 3.27. The van der Waals surface area contributed by atoms with Gasteiger partial charge in [0.05, 0.1) is 12.1 Å². The molecule has 0 spiro atoms. The fourth-order valence-electron chi connectivity index (χ4n) is 1.81. The molecule has 2 rings (SSSR count). The van der Waals surface area contributed by atoms with Crippen LogP contribution in [0.5, 0.6) is 0 Å². The summed E-state index contributed by atoms with van der Waals surface area (Å²) < 4.78 is 31.4. The number of amides is 1. The number of carbonyl (C=O) groups is 1. The normalized spacial score (nSPS) is 22.8. The Morgan fingerprint density at radius 2 is 2.00 bits per heavy atom. The maximum Gasteiger partial charge on any atom is 0.246 e. The molecule has 1 N–H and O–H groups in total. The van der Waals surface area contributed by atoms with Crippen molar-refractivity contribution in [3.8, 4) is 0 Å². The molecule has 0 aromatic heterocycles. The number of rotatable bonds is 1. The summed E-state index contributed by atoms with van der Waals surface area (Å²) >= 11 is 0. The molecule has 0 bridgehead atoms. The van der Waals surface area contributed by atoms with E-state index in [1.54, 1.807) is 6.92 Å². The molecule has 5 heteroatoms. The molecule has 1 aliphatic heterocycles. The molecule has 3 nitrogen and oxygen atoms in total. The van der Waals surface area contributed by atoms with Gasteiger partial charge in [0.2, 0.25) is 5.91 Å². The molecule has 18 heavy (non-hydrogen) atoms. The highest BCUT2D eigenvalue weighted by atomic mass is 19.1. The van der Waals surface area contributed by atoms with Gasteiger partial charge in [-0.3, -0.25) is 4.79 Å². The minimum atomic E-state index is -0.937. The van der Waals surface area contributed by atoms with E-state index in [4.69, 9.17) is 4.74 Å². The number of ether oxygens (including phenoxy) is 1. The molecule has 0 saturated carbocycles. The van der Waals surface area contributed by atoms with E-state index in [1.807, 2.05) is 13.8 Å². The van der Waals surface area contributed by atoms with Gasteiger partial charge in [0.25, 0.3) is 0 Å². The fraction of sp³-hybridized carbons (Fsp3) is 0.462. The van der Waals surface area contributed by atoms with Crippen LogP contribution < -0.4 is 5.32 Å². The highest BCUT2D eigenvalue weighted by Crippen LogP contribution is 2.26. The van der Waals surface area contributed by atoms with E-state index in [2.05, 4.69) is 5.32 Å². The van der Waals surface area contributed by atoms with E-state index in [0.29, 0.717) is 0 Å². The monoisotopic (exact) mass is 257 g/mol. The second-order valence-electron chi connectivity index (χ2n) is 4.00. The van der Waals surface area contributed by atoms with E-state index >= 15 is 0 Å². The average molecular weight is 257 g/mol. The van der Waals surface area contributed by atoms with Gasteiger partial charge in [0.15, 0.2) is 0 Å². The topological polar surface area (TPSA) is 38.3 Å². The van der Waals surface area contributed by atoms with Crippen molar-refractivity contribution < 1.29 is 18.3 Å². The zero-order valence-corrected chi connectivity index (χ0v) is 10.7. The van der Waals surface area contributed by atoms with E-state index in [1.165, 1.54) is 6.07 Å². The summed E-state index contributed by atoms with van der Waals surface area (Å²) in [4.78, 5) is 11.2. The van der Waals surface area contributed by atoms with Crippen molar-refractivity contribution in [3.05, 3.63) is 35.4 Å². The average Bonchev–Trinajstić information content (AvgIpc) is 2.30. The summed E-state index contributed by atoms with van der Waals surface area (Å²) in [5.74, 6) is -1.64. The van der Waals surface area contributed by atoms with Crippen molar-refractivity contribution in [2.24, 2.45) is 0 Å². The largest absolute Gasteiger partial charge is 0.369 e. The number of morpholine rings is 1. The first kappa shape index (κ1) is 14.6. The predicted molar refractivity (Wildman–Crippen MR) is 64.0 cm³/mol. The molecule has 1 fully saturated rings. The molecule has 1 unspecified atom stereocenters. The van der Waals surface area contributed by atoms with Crippen LogP contribution in [-0.4, -0.2) is 19.1 Å². The lowest BCUT2D eigenvalue weighted by molar-refractivity contribution is -0.135. The Bertz CT molecular complexity index is 437. The Morgan fingerprint density at radius 3 is 2.56 bits per heavy atom. The summed E-state index contributed by atoms with van der Waals surface area (Å²) in [6.07, 6.45) is 0. The maximum atomic E-state index is 13.6. The minimum Gasteiger partial charge on any atom is -0.369 e. The maximum absolute atomic E-state index is 13.6. The first-order valence-corrected chi connectivity index (χ1v) is 5.85. The fourth-order valence-corrected chi connectivity index (χ4v) is 1.81. The number of halogens is 2. The number of nitrogens with one attached hydrogen (secondary N) is 1. The van der Waals surface area contributed by atoms with Gasteiger partial charge >= 0.3 is 0 Å². The van der Waals surface area contributed by atoms with Gasteiger partial charge in [-0.05, 0) is 13.0 Å².